The van der Waals surface area contributed by atoms with Gasteiger partial charge in [-0.15, -0.1) is 0 Å². The topological polar surface area (TPSA) is 0 Å². The third-order valence-electron chi connectivity index (χ3n) is 43.7. The van der Waals surface area contributed by atoms with Crippen LogP contribution in [-0.2, 0) is 130 Å². The van der Waals surface area contributed by atoms with Crippen molar-refractivity contribution in [1.29, 1.82) is 0 Å². The zero-order chi connectivity index (χ0) is 88.6. The summed E-state index contributed by atoms with van der Waals surface area (Å²) in [5.41, 5.74) is 4.51. The Labute approximate surface area is 1030 Å². The molecule has 18 rings (SSSR count). The predicted molar refractivity (Wildman–Crippen MR) is 666 cm³/mol. The minimum absolute atomic E-state index is 0. The van der Waals surface area contributed by atoms with Crippen LogP contribution in [0.2, 0.25) is 25.7 Å². The molecule has 0 aromatic rings. The van der Waals surface area contributed by atoms with Crippen molar-refractivity contribution in [2.45, 2.75) is 440 Å². The van der Waals surface area contributed by atoms with E-state index in [0.717, 1.165) is 254 Å². The Morgan fingerprint density at radius 3 is 0.793 bits per heavy atom. The number of allylic oxidation sites excluding steroid dienone is 8. The van der Waals surface area contributed by atoms with Crippen molar-refractivity contribution in [1.82, 2.24) is 0 Å². The van der Waals surface area contributed by atoms with Crippen LogP contribution in [0.4, 0.5) is 0 Å². The van der Waals surface area contributed by atoms with Gasteiger partial charge in [0.1, 0.15) is 0 Å². The van der Waals surface area contributed by atoms with Crippen LogP contribution in [0.5, 0.6) is 0 Å². The van der Waals surface area contributed by atoms with Crippen LogP contribution in [0.25, 0.3) is 0 Å². The monoisotopic (exact) mass is 2690 g/mol. The van der Waals surface area contributed by atoms with Gasteiger partial charge in [-0.2, -0.15) is 0 Å². The van der Waals surface area contributed by atoms with E-state index in [2.05, 4.69) is 278 Å². The van der Waals surface area contributed by atoms with E-state index in [-0.39, 0.29) is 278 Å². The molecule has 0 N–H and O–H groups in total. The second-order valence-electron chi connectivity index (χ2n) is 53.2. The van der Waals surface area contributed by atoms with Gasteiger partial charge in [0.2, 0.25) is 0 Å². The standard InChI is InChI=1S/C17H30.C16H30Si.C14H26.C12H16.C10H14.5C10H20.20CH3.3Hf.2Zr/c1-17(2,3)11-16-14-8-4-6-12(14)10-13-7-5-9-15(13)16;1-17(2,3)11-15-8-7-14-9-12-5-4-6-13(12)10-16(14)15;1-14(2,3)10-12-8-4-6-11-7-5-9-13(11)12;1-3-9-7-11-5-2-6-12(11)8-10(9)4-1;1-8-6-7-9-4-2-3-5-10(8)9;5*1-6-7(2)9(4)10(5)8(6)3;;;;;;;;;;;;;;;;;;;;;;;;;/h2*12-16H,4-11H2,1-3H3;11-13H,4-10H2,1-3H3;7-10H,1-6H2;2-5,8-10H,6-7H2,1H3;5*6-10H,1-5H3;20*1H3;;;;;/q;;;;;;;;;;20*-1;5*+4. The predicted octanol–water partition coefficient (Wildman–Crippen LogP) is 46.2. The third-order valence-corrected chi connectivity index (χ3v) is 45.5. The molecule has 6 heteroatoms. The van der Waals surface area contributed by atoms with Crippen molar-refractivity contribution in [3.63, 3.8) is 0 Å². The van der Waals surface area contributed by atoms with Gasteiger partial charge in [0.15, 0.2) is 0 Å². The van der Waals surface area contributed by atoms with E-state index >= 15 is 0 Å². The summed E-state index contributed by atoms with van der Waals surface area (Å²) in [6.45, 7) is 84.6. The smallest absolute Gasteiger partial charge is 0.358 e. The second kappa shape index (κ2) is 84.6. The van der Waals surface area contributed by atoms with Gasteiger partial charge >= 0.3 is 130 Å². The van der Waals surface area contributed by atoms with E-state index in [1.54, 1.807) is 114 Å². The van der Waals surface area contributed by atoms with Gasteiger partial charge in [-0.05, 0) is 379 Å². The Morgan fingerprint density at radius 2 is 0.490 bits per heavy atom. The van der Waals surface area contributed by atoms with Crippen LogP contribution in [0.15, 0.2) is 47.6 Å². The summed E-state index contributed by atoms with van der Waals surface area (Å²) in [7, 11) is -0.832. The first-order chi connectivity index (χ1) is 56.2. The van der Waals surface area contributed by atoms with Crippen LogP contribution >= 0.6 is 0 Å². The summed E-state index contributed by atoms with van der Waals surface area (Å²) < 4.78 is 0. The van der Waals surface area contributed by atoms with Gasteiger partial charge in [-0.3, -0.25) is 0 Å². The SMILES string of the molecule is C1=C2CCCC2=CC2CCCC12.CC(C)(C)CC1C2CCCC2CC2CCCC21.CC(C)(C)CC1CCCC2CCCC21.CC1C(C)C(C)C(C)C1C.CC1C(C)C(C)C(C)C1C.CC1C(C)C(C)C(C)C1C.CC1C(C)C(C)C(C)C1C.CC1C(C)C(C)C(C)C1C.CC1CCC2C=CC=CC12.C[Si](C)(C)CC1CCC2CC3CCCC3CC21.[CH3-].[CH3-].[CH3-].[CH3-].[CH3-].[CH3-].[CH3-].[CH3-].[CH3-].[CH3-].[CH3-].[CH3-].[CH3-].[CH3-].[CH3-].[CH3-].[CH3-].[CH3-].[CH3-].[CH3-].[Hf+4].[Hf+4].[Hf+4].[Zr+4].[Zr+4]. The first kappa shape index (κ1) is 187. The molecule has 0 radical (unpaired) electrons. The molecule has 18 aliphatic rings. The van der Waals surface area contributed by atoms with Crippen LogP contribution < -0.4 is 0 Å². The van der Waals surface area contributed by atoms with E-state index < -0.39 is 8.07 Å². The molecule has 0 aromatic carbocycles. The minimum Gasteiger partial charge on any atom is -0.358 e. The van der Waals surface area contributed by atoms with E-state index in [9.17, 15) is 0 Å². The number of rotatable bonds is 4. The Bertz CT molecular complexity index is 2680. The van der Waals surface area contributed by atoms with Crippen molar-refractivity contribution in [3.8, 4) is 0 Å². The molecule has 0 saturated heterocycles. The second-order valence-corrected chi connectivity index (χ2v) is 58.7. The molecule has 856 valence electrons. The van der Waals surface area contributed by atoms with Gasteiger partial charge in [-0.25, -0.2) is 0 Å². The van der Waals surface area contributed by atoms with Crippen molar-refractivity contribution >= 4 is 8.07 Å². The molecule has 16 saturated carbocycles. The fourth-order valence-electron chi connectivity index (χ4n) is 32.2. The van der Waals surface area contributed by atoms with E-state index in [1.807, 2.05) is 0 Å². The molecule has 18 aliphatic carbocycles. The molecule has 17 atom stereocenters. The maximum Gasteiger partial charge on any atom is 4.00 e. The molecule has 145 heavy (non-hydrogen) atoms. The molecule has 0 amide bonds. The Hall–Kier alpha value is 3.55. The Morgan fingerprint density at radius 1 is 0.234 bits per heavy atom. The Balaban J connectivity index is -0.0000000826. The molecular formula is C139H276Hf3SiZr2. The molecule has 0 nitrogen and oxygen atoms in total. The van der Waals surface area contributed by atoms with Crippen LogP contribution in [0.1, 0.15) is 414 Å². The van der Waals surface area contributed by atoms with E-state index in [0.29, 0.717) is 10.8 Å². The number of hydrogen-bond acceptors (Lipinski definition) is 0. The molecule has 0 spiro atoms. The van der Waals surface area contributed by atoms with Gasteiger partial charge in [0.05, 0.1) is 0 Å². The summed E-state index contributed by atoms with van der Waals surface area (Å²) in [5, 5.41) is 0. The number of hydrogen-bond donors (Lipinski definition) is 0. The summed E-state index contributed by atoms with van der Waals surface area (Å²) in [6.07, 6.45) is 59.9. The third kappa shape index (κ3) is 50.2. The summed E-state index contributed by atoms with van der Waals surface area (Å²) in [5.74, 6) is 42.5. The van der Waals surface area contributed by atoms with Crippen LogP contribution in [0, 0.1) is 414 Å². The normalized spacial score (nSPS) is 39.8. The van der Waals surface area contributed by atoms with Gasteiger partial charge in [-0.1, -0.05) is 374 Å². The van der Waals surface area contributed by atoms with E-state index in [4.69, 9.17) is 0 Å². The van der Waals surface area contributed by atoms with Gasteiger partial charge in [0, 0.05) is 8.07 Å². The van der Waals surface area contributed by atoms with Crippen molar-refractivity contribution in [2.24, 2.45) is 265 Å². The largest absolute Gasteiger partial charge is 4.00 e. The molecule has 0 heterocycles. The maximum atomic E-state index is 2.60. The summed E-state index contributed by atoms with van der Waals surface area (Å²) in [4.78, 5) is 0. The van der Waals surface area contributed by atoms with E-state index in [1.165, 1.54) is 96.3 Å². The number of fused-ring (bicyclic) bond motifs is 8. The molecule has 0 bridgehead atoms. The quantitative estimate of drug-likeness (QED) is 0.194. The van der Waals surface area contributed by atoms with Crippen LogP contribution in [-0.4, -0.2) is 8.07 Å². The van der Waals surface area contributed by atoms with Gasteiger partial charge < -0.3 is 149 Å². The van der Waals surface area contributed by atoms with Crippen LogP contribution in [0.3, 0.4) is 0 Å². The molecule has 0 aromatic heterocycles. The average molecular weight is 2690 g/mol. The maximum absolute atomic E-state index is 2.60. The molecule has 17 unspecified atom stereocenters. The molecular weight excluding hydrogens is 2420 g/mol. The average Bonchev–Trinajstić information content (AvgIpc) is 1.63. The fourth-order valence-corrected chi connectivity index (χ4v) is 34.3. The zero-order valence-corrected chi connectivity index (χ0v) is 127. The minimum atomic E-state index is -0.832. The molecule has 16 fully saturated rings. The van der Waals surface area contributed by atoms with Crippen molar-refractivity contribution in [3.05, 3.63) is 196 Å². The first-order valence-electron chi connectivity index (χ1n) is 55.0. The van der Waals surface area contributed by atoms with Gasteiger partial charge in [0.25, 0.3) is 0 Å². The Kier molecular flexibility index (Phi) is 109. The fraction of sp³-hybridized carbons (Fsp3) is 0.799. The van der Waals surface area contributed by atoms with Crippen molar-refractivity contribution < 1.29 is 130 Å². The zero-order valence-electron chi connectivity index (χ0n) is 110. The summed E-state index contributed by atoms with van der Waals surface area (Å²) in [6, 6.07) is 1.62. The van der Waals surface area contributed by atoms with Crippen molar-refractivity contribution in [2.75, 3.05) is 0 Å². The first-order valence-corrected chi connectivity index (χ1v) is 58.7. The molecule has 0 aliphatic heterocycles. The summed E-state index contributed by atoms with van der Waals surface area (Å²) >= 11 is 0.